The molecule has 2 heterocycles. The standard InChI is InChI=1S/C28H36N4O2.C17H24N2O.C12H16N2O2.B.BrH/c1-28(2)23-9-6-7-10-24(23)32(19-8-11-26(33)29-3)25(28)17-14-21-12-15-22(16-13-21)31(5)20-18-27(34)30-4;1-13-17(2,3)14-9-5-6-10-15(14)19(13)12-8-7-11-16(20)18-4;1-13-12(16)7-8-14(2)11-5-3-10(9-15)4-6-11;;/h6-7,9-10,12-17H,8,11,18-20H2,1-5H3,(H-,29,30,33,34);5-6,9-10H,7-8,11-12H2,1-4H3;3-6,9H,7-8H2,1-2H3,(H,13,16);;1H/p+1. The smallest absolute Gasteiger partial charge is 0.221 e. The molecule has 0 saturated heterocycles. The summed E-state index contributed by atoms with van der Waals surface area (Å²) in [6.07, 6.45) is 10.0. The van der Waals surface area contributed by atoms with Gasteiger partial charge in [0.1, 0.15) is 19.4 Å². The number of anilines is 2. The number of allylic oxidation sites excluding steroid dienone is 1. The zero-order valence-corrected chi connectivity index (χ0v) is 46.1. The molecule has 0 aliphatic carbocycles. The second-order valence-corrected chi connectivity index (χ2v) is 18.8. The van der Waals surface area contributed by atoms with E-state index in [2.05, 4.69) is 155 Å². The fourth-order valence-corrected chi connectivity index (χ4v) is 8.69. The van der Waals surface area contributed by atoms with Crippen molar-refractivity contribution in [3.63, 3.8) is 0 Å². The van der Waals surface area contributed by atoms with Crippen molar-refractivity contribution in [3.05, 3.63) is 125 Å². The third kappa shape index (κ3) is 16.9. The lowest BCUT2D eigenvalue weighted by molar-refractivity contribution is -0.439. The third-order valence-corrected chi connectivity index (χ3v) is 13.5. The first kappa shape index (κ1) is 61.8. The van der Waals surface area contributed by atoms with Gasteiger partial charge in [-0.05, 0) is 82.2 Å². The van der Waals surface area contributed by atoms with E-state index in [0.29, 0.717) is 44.3 Å². The van der Waals surface area contributed by atoms with Gasteiger partial charge in [-0.1, -0.05) is 48.5 Å². The van der Waals surface area contributed by atoms with Crippen LogP contribution in [0.15, 0.2) is 103 Å². The molecule has 72 heavy (non-hydrogen) atoms. The summed E-state index contributed by atoms with van der Waals surface area (Å²) in [6.45, 7) is 14.4. The van der Waals surface area contributed by atoms with Crippen molar-refractivity contribution >= 4 is 78.6 Å². The molecule has 4 aromatic rings. The zero-order valence-electron chi connectivity index (χ0n) is 44.5. The minimum absolute atomic E-state index is 0. The number of carbonyl (C=O) groups excluding carboxylic acids is 5. The van der Waals surface area contributed by atoms with Crippen molar-refractivity contribution in [3.8, 4) is 0 Å². The normalized spacial score (nSPS) is 13.4. The molecular formula is C57H78BBrN8O5+. The Morgan fingerprint density at radius 2 is 0.931 bits per heavy atom. The van der Waals surface area contributed by atoms with Crippen molar-refractivity contribution in [1.82, 2.24) is 21.3 Å². The monoisotopic (exact) mass is 1040 g/mol. The van der Waals surface area contributed by atoms with E-state index in [4.69, 9.17) is 0 Å². The number of aldehydes is 1. The van der Waals surface area contributed by atoms with Crippen molar-refractivity contribution in [2.75, 3.05) is 78.3 Å². The predicted molar refractivity (Wildman–Crippen MR) is 292 cm³/mol. The van der Waals surface area contributed by atoms with Gasteiger partial charge in [-0.15, -0.1) is 0 Å². The summed E-state index contributed by atoms with van der Waals surface area (Å²) in [5.41, 5.74) is 11.7. The van der Waals surface area contributed by atoms with Gasteiger partial charge in [-0.2, -0.15) is 9.15 Å². The van der Waals surface area contributed by atoms with Crippen molar-refractivity contribution in [1.29, 1.82) is 0 Å². The highest BCUT2D eigenvalue weighted by atomic mass is 79.9. The Morgan fingerprint density at radius 1 is 0.528 bits per heavy atom. The first-order valence-corrected chi connectivity index (χ1v) is 24.5. The lowest BCUT2D eigenvalue weighted by Crippen LogP contribution is -3.00. The van der Waals surface area contributed by atoms with Crippen LogP contribution in [0.4, 0.5) is 22.7 Å². The van der Waals surface area contributed by atoms with Crippen molar-refractivity contribution < 1.29 is 50.1 Å². The summed E-state index contributed by atoms with van der Waals surface area (Å²) < 4.78 is 4.77. The SMILES string of the molecule is CNC(=O)CCCC[N+]1=C(C)C(C)(C)c2ccccc21.CNC(=O)CCC[N+]1=C(/C=C/c2ccc(N(C)CCC(=O)NC)cc2)C(C)(C)c2ccccc21.CNC(=O)CCN(C)c1ccc(C=O)cc1.[B].[Br-]. The summed E-state index contributed by atoms with van der Waals surface area (Å²) in [6, 6.07) is 32.8. The average molecular weight is 1050 g/mol. The number of amides is 4. The van der Waals surface area contributed by atoms with E-state index in [1.165, 1.54) is 33.9 Å². The minimum Gasteiger partial charge on any atom is -1.00 e. The summed E-state index contributed by atoms with van der Waals surface area (Å²) in [5.74, 6) is 0.275. The first-order valence-electron chi connectivity index (χ1n) is 24.5. The van der Waals surface area contributed by atoms with E-state index >= 15 is 0 Å². The van der Waals surface area contributed by atoms with Gasteiger partial charge in [-0.25, -0.2) is 0 Å². The number of fused-ring (bicyclic) bond motifs is 2. The summed E-state index contributed by atoms with van der Waals surface area (Å²) >= 11 is 0. The maximum absolute atomic E-state index is 11.7. The quantitative estimate of drug-likeness (QED) is 0.0440. The molecule has 0 spiro atoms. The maximum Gasteiger partial charge on any atom is 0.221 e. The zero-order chi connectivity index (χ0) is 51.4. The average Bonchev–Trinajstić information content (AvgIpc) is 3.72. The van der Waals surface area contributed by atoms with E-state index in [-0.39, 0.29) is 59.9 Å². The third-order valence-electron chi connectivity index (χ3n) is 13.5. The Hall–Kier alpha value is -6.35. The molecule has 0 saturated carbocycles. The van der Waals surface area contributed by atoms with Crippen LogP contribution in [0.3, 0.4) is 0 Å². The number of hydrogen-bond donors (Lipinski definition) is 4. The second kappa shape index (κ2) is 29.9. The predicted octanol–water partition coefficient (Wildman–Crippen LogP) is 4.57. The lowest BCUT2D eigenvalue weighted by atomic mass is 9.81. The Morgan fingerprint density at radius 3 is 1.40 bits per heavy atom. The molecule has 6 rings (SSSR count). The molecule has 4 amide bonds. The fraction of sp³-hybridized carbons (Fsp3) is 0.421. The van der Waals surface area contributed by atoms with Crippen molar-refractivity contribution in [2.45, 2.75) is 90.4 Å². The summed E-state index contributed by atoms with van der Waals surface area (Å²) in [7, 11) is 10.6. The summed E-state index contributed by atoms with van der Waals surface area (Å²) in [4.78, 5) is 60.1. The molecule has 4 aromatic carbocycles. The highest BCUT2D eigenvalue weighted by Crippen LogP contribution is 2.41. The largest absolute Gasteiger partial charge is 1.00 e. The second-order valence-electron chi connectivity index (χ2n) is 18.8. The molecule has 3 radical (unpaired) electrons. The Bertz CT molecular complexity index is 2520. The van der Waals surface area contributed by atoms with E-state index in [1.807, 2.05) is 31.1 Å². The van der Waals surface area contributed by atoms with Crippen LogP contribution in [0.25, 0.3) is 6.08 Å². The highest BCUT2D eigenvalue weighted by Gasteiger charge is 2.44. The topological polar surface area (TPSA) is 146 Å². The van der Waals surface area contributed by atoms with Crippen LogP contribution in [0.2, 0.25) is 0 Å². The highest BCUT2D eigenvalue weighted by molar-refractivity contribution is 6.05. The van der Waals surface area contributed by atoms with Gasteiger partial charge >= 0.3 is 0 Å². The number of halogens is 1. The molecule has 0 fully saturated rings. The van der Waals surface area contributed by atoms with Crippen LogP contribution in [0.1, 0.15) is 107 Å². The molecule has 2 aliphatic heterocycles. The number of para-hydroxylation sites is 2. The molecule has 4 N–H and O–H groups in total. The van der Waals surface area contributed by atoms with Gasteiger partial charge in [0.2, 0.25) is 35.0 Å². The molecule has 2 aliphatic rings. The number of nitrogens with zero attached hydrogens (tertiary/aromatic N) is 4. The van der Waals surface area contributed by atoms with Crippen LogP contribution in [-0.4, -0.2) is 127 Å². The van der Waals surface area contributed by atoms with Gasteiger partial charge in [0.15, 0.2) is 11.4 Å². The molecule has 0 aromatic heterocycles. The molecular weight excluding hydrogens is 967 g/mol. The molecule has 0 bridgehead atoms. The number of rotatable bonds is 20. The molecule has 0 unspecified atom stereocenters. The minimum atomic E-state index is -0.125. The summed E-state index contributed by atoms with van der Waals surface area (Å²) in [5, 5.41) is 10.6. The molecule has 385 valence electrons. The number of carbonyl (C=O) groups is 5. The maximum atomic E-state index is 11.7. The fourth-order valence-electron chi connectivity index (χ4n) is 8.69. The molecule has 13 nitrogen and oxygen atoms in total. The first-order chi connectivity index (χ1) is 33.4. The van der Waals surface area contributed by atoms with Gasteiger partial charge in [-0.3, -0.25) is 24.0 Å². The van der Waals surface area contributed by atoms with Crippen LogP contribution >= 0.6 is 0 Å². The van der Waals surface area contributed by atoms with E-state index in [0.717, 1.165) is 55.6 Å². The van der Waals surface area contributed by atoms with Gasteiger partial charge < -0.3 is 48.0 Å². The van der Waals surface area contributed by atoms with Gasteiger partial charge in [0.05, 0.1) is 10.8 Å². The number of nitrogens with one attached hydrogen (secondary N) is 4. The number of unbranched alkanes of at least 4 members (excludes halogenated alkanes) is 1. The van der Waals surface area contributed by atoms with Gasteiger partial charge in [0.25, 0.3) is 0 Å². The number of benzene rings is 4. The van der Waals surface area contributed by atoms with Crippen LogP contribution in [0, 0.1) is 0 Å². The van der Waals surface area contributed by atoms with E-state index in [1.54, 1.807) is 40.3 Å². The molecule has 0 atom stereocenters. The van der Waals surface area contributed by atoms with Crippen LogP contribution in [0.5, 0.6) is 0 Å². The lowest BCUT2D eigenvalue weighted by Gasteiger charge is -2.19. The van der Waals surface area contributed by atoms with E-state index < -0.39 is 0 Å². The molecule has 15 heteroatoms. The van der Waals surface area contributed by atoms with Crippen LogP contribution in [-0.2, 0) is 30.0 Å². The Kier molecular flexibility index (Phi) is 25.6. The Balaban J connectivity index is 0.000000398. The Labute approximate surface area is 442 Å². The van der Waals surface area contributed by atoms with Gasteiger partial charge in [0, 0.05) is 156 Å². The van der Waals surface area contributed by atoms with E-state index in [9.17, 15) is 24.0 Å². The van der Waals surface area contributed by atoms with Crippen molar-refractivity contribution in [2.24, 2.45) is 0 Å². The van der Waals surface area contributed by atoms with Crippen LogP contribution < -0.4 is 48.0 Å². The number of hydrogen-bond acceptors (Lipinski definition) is 7.